The molecule has 0 fully saturated rings. The molecule has 44 valence electrons. The van der Waals surface area contributed by atoms with Crippen molar-refractivity contribution < 1.29 is 4.79 Å². The molecule has 1 nitrogen and oxygen atoms in total. The van der Waals surface area contributed by atoms with Gasteiger partial charge in [0.05, 0.1) is 0 Å². The highest BCUT2D eigenvalue weighted by molar-refractivity contribution is 6.31. The Bertz CT molecular complexity index is 135. The fraction of sp³-hybridized carbons (Fsp3) is 0.167. The summed E-state index contributed by atoms with van der Waals surface area (Å²) in [6.07, 6.45) is 2.24. The van der Waals surface area contributed by atoms with Gasteiger partial charge in [0.2, 0.25) is 0 Å². The molecule has 0 rings (SSSR count). The Morgan fingerprint density at radius 2 is 2.25 bits per heavy atom. The van der Waals surface area contributed by atoms with Crippen LogP contribution in [-0.4, -0.2) is 6.29 Å². The van der Waals surface area contributed by atoms with E-state index in [-0.39, 0.29) is 0 Å². The standard InChI is InChI=1S/C6H7ClO/c1-5(4-8)3-6(2)7/h3-4H,2H2,1H3. The highest BCUT2D eigenvalue weighted by Gasteiger charge is 1.82. The predicted molar refractivity (Wildman–Crippen MR) is 34.8 cm³/mol. The smallest absolute Gasteiger partial charge is 0.145 e. The first-order valence-corrected chi connectivity index (χ1v) is 2.52. The third-order valence-corrected chi connectivity index (χ3v) is 0.679. The second kappa shape index (κ2) is 3.44. The lowest BCUT2D eigenvalue weighted by Crippen LogP contribution is -1.73. The minimum atomic E-state index is 0.384. The molecule has 0 aliphatic heterocycles. The van der Waals surface area contributed by atoms with Crippen molar-refractivity contribution in [3.8, 4) is 0 Å². The van der Waals surface area contributed by atoms with Gasteiger partial charge in [-0.1, -0.05) is 18.2 Å². The molecule has 0 aromatic carbocycles. The summed E-state index contributed by atoms with van der Waals surface area (Å²) in [5.41, 5.74) is 0.588. The molecular formula is C6H7ClO. The van der Waals surface area contributed by atoms with Gasteiger partial charge in [-0.2, -0.15) is 0 Å². The van der Waals surface area contributed by atoms with E-state index in [2.05, 4.69) is 6.58 Å². The van der Waals surface area contributed by atoms with Gasteiger partial charge in [0, 0.05) is 5.03 Å². The Kier molecular flexibility index (Phi) is 3.20. The summed E-state index contributed by atoms with van der Waals surface area (Å²) in [5, 5.41) is 0.384. The highest BCUT2D eigenvalue weighted by atomic mass is 35.5. The molecule has 0 bridgehead atoms. The summed E-state index contributed by atoms with van der Waals surface area (Å²) >= 11 is 5.32. The molecule has 0 saturated carbocycles. The van der Waals surface area contributed by atoms with E-state index in [4.69, 9.17) is 11.6 Å². The van der Waals surface area contributed by atoms with Gasteiger partial charge in [-0.05, 0) is 18.6 Å². The zero-order valence-corrected chi connectivity index (χ0v) is 5.40. The Hall–Kier alpha value is -0.560. The summed E-state index contributed by atoms with van der Waals surface area (Å²) in [7, 11) is 0. The maximum Gasteiger partial charge on any atom is 0.145 e. The molecule has 0 spiro atoms. The van der Waals surface area contributed by atoms with Crippen LogP contribution >= 0.6 is 11.6 Å². The van der Waals surface area contributed by atoms with Crippen LogP contribution in [0, 0.1) is 0 Å². The van der Waals surface area contributed by atoms with Crippen LogP contribution < -0.4 is 0 Å². The Morgan fingerprint density at radius 1 is 1.75 bits per heavy atom. The maximum absolute atomic E-state index is 9.87. The van der Waals surface area contributed by atoms with Crippen LogP contribution in [0.4, 0.5) is 0 Å². The summed E-state index contributed by atoms with van der Waals surface area (Å²) in [4.78, 5) is 9.87. The topological polar surface area (TPSA) is 17.1 Å². The molecule has 0 unspecified atom stereocenters. The summed E-state index contributed by atoms with van der Waals surface area (Å²) in [6.45, 7) is 5.04. The highest BCUT2D eigenvalue weighted by Crippen LogP contribution is 2.00. The van der Waals surface area contributed by atoms with Crippen LogP contribution in [0.3, 0.4) is 0 Å². The van der Waals surface area contributed by atoms with E-state index in [0.717, 1.165) is 6.29 Å². The molecule has 0 radical (unpaired) electrons. The van der Waals surface area contributed by atoms with Gasteiger partial charge in [0.25, 0.3) is 0 Å². The van der Waals surface area contributed by atoms with Gasteiger partial charge in [-0.25, -0.2) is 0 Å². The Morgan fingerprint density at radius 3 is 2.38 bits per heavy atom. The van der Waals surface area contributed by atoms with Crippen LogP contribution in [0.15, 0.2) is 23.3 Å². The van der Waals surface area contributed by atoms with E-state index in [1.807, 2.05) is 0 Å². The monoisotopic (exact) mass is 130 g/mol. The third-order valence-electron chi connectivity index (χ3n) is 0.570. The lowest BCUT2D eigenvalue weighted by molar-refractivity contribution is -0.104. The van der Waals surface area contributed by atoms with E-state index in [0.29, 0.717) is 10.6 Å². The molecule has 0 heterocycles. The molecular weight excluding hydrogens is 124 g/mol. The number of carbonyl (C=O) groups is 1. The van der Waals surface area contributed by atoms with Crippen molar-refractivity contribution in [2.75, 3.05) is 0 Å². The van der Waals surface area contributed by atoms with E-state index < -0.39 is 0 Å². The molecule has 0 aliphatic rings. The third kappa shape index (κ3) is 3.62. The first kappa shape index (κ1) is 7.44. The molecule has 0 aromatic rings. The predicted octanol–water partition coefficient (Wildman–Crippen LogP) is 1.88. The normalized spacial score (nSPS) is 11.0. The van der Waals surface area contributed by atoms with Gasteiger partial charge < -0.3 is 0 Å². The number of allylic oxidation sites excluding steroid dienone is 3. The molecule has 0 amide bonds. The van der Waals surface area contributed by atoms with Crippen molar-refractivity contribution in [3.63, 3.8) is 0 Å². The van der Waals surface area contributed by atoms with Gasteiger partial charge in [-0.3, -0.25) is 4.79 Å². The number of hydrogen-bond donors (Lipinski definition) is 0. The van der Waals surface area contributed by atoms with E-state index in [1.165, 1.54) is 6.08 Å². The van der Waals surface area contributed by atoms with Crippen molar-refractivity contribution in [1.29, 1.82) is 0 Å². The van der Waals surface area contributed by atoms with Crippen molar-refractivity contribution in [3.05, 3.63) is 23.3 Å². The quantitative estimate of drug-likeness (QED) is 0.317. The summed E-state index contributed by atoms with van der Waals surface area (Å²) in [6, 6.07) is 0. The first-order chi connectivity index (χ1) is 3.66. The summed E-state index contributed by atoms with van der Waals surface area (Å²) < 4.78 is 0. The summed E-state index contributed by atoms with van der Waals surface area (Å²) in [5.74, 6) is 0. The molecule has 0 atom stereocenters. The van der Waals surface area contributed by atoms with Gasteiger partial charge >= 0.3 is 0 Å². The number of rotatable bonds is 2. The first-order valence-electron chi connectivity index (χ1n) is 2.14. The molecule has 0 aliphatic carbocycles. The molecule has 0 saturated heterocycles. The van der Waals surface area contributed by atoms with Crippen LogP contribution in [0.5, 0.6) is 0 Å². The van der Waals surface area contributed by atoms with E-state index in [9.17, 15) is 4.79 Å². The van der Waals surface area contributed by atoms with Crippen LogP contribution in [0.2, 0.25) is 0 Å². The number of hydrogen-bond acceptors (Lipinski definition) is 1. The molecule has 0 aromatic heterocycles. The molecule has 2 heteroatoms. The Balaban J connectivity index is 3.94. The van der Waals surface area contributed by atoms with Crippen molar-refractivity contribution in [2.45, 2.75) is 6.92 Å². The van der Waals surface area contributed by atoms with Crippen LogP contribution in [0.1, 0.15) is 6.92 Å². The second-order valence-corrected chi connectivity index (χ2v) is 1.94. The Labute approximate surface area is 53.6 Å². The van der Waals surface area contributed by atoms with Gasteiger partial charge in [0.1, 0.15) is 6.29 Å². The fourth-order valence-electron chi connectivity index (χ4n) is 0.281. The minimum absolute atomic E-state index is 0.384. The average Bonchev–Trinajstić information content (AvgIpc) is 1.65. The molecule has 0 N–H and O–H groups in total. The zero-order valence-electron chi connectivity index (χ0n) is 4.65. The van der Waals surface area contributed by atoms with Gasteiger partial charge in [-0.15, -0.1) is 0 Å². The second-order valence-electron chi connectivity index (χ2n) is 1.45. The lowest BCUT2D eigenvalue weighted by atomic mass is 10.3. The van der Waals surface area contributed by atoms with Crippen molar-refractivity contribution in [1.82, 2.24) is 0 Å². The van der Waals surface area contributed by atoms with E-state index >= 15 is 0 Å². The average molecular weight is 131 g/mol. The van der Waals surface area contributed by atoms with Crippen molar-refractivity contribution >= 4 is 17.9 Å². The van der Waals surface area contributed by atoms with Crippen LogP contribution in [-0.2, 0) is 4.79 Å². The lowest BCUT2D eigenvalue weighted by Gasteiger charge is -1.82. The maximum atomic E-state index is 9.87. The van der Waals surface area contributed by atoms with Crippen molar-refractivity contribution in [2.24, 2.45) is 0 Å². The number of aldehydes is 1. The van der Waals surface area contributed by atoms with Gasteiger partial charge in [0.15, 0.2) is 0 Å². The fourth-order valence-corrected chi connectivity index (χ4v) is 0.453. The van der Waals surface area contributed by atoms with Crippen LogP contribution in [0.25, 0.3) is 0 Å². The van der Waals surface area contributed by atoms with E-state index in [1.54, 1.807) is 6.92 Å². The minimum Gasteiger partial charge on any atom is -0.298 e. The largest absolute Gasteiger partial charge is 0.298 e. The zero-order chi connectivity index (χ0) is 6.57. The SMILES string of the molecule is C=C(Cl)C=C(C)C=O. The molecule has 8 heavy (non-hydrogen) atoms. The number of halogens is 1. The number of carbonyl (C=O) groups excluding carboxylic acids is 1.